The second-order valence-electron chi connectivity index (χ2n) is 7.93. The van der Waals surface area contributed by atoms with Crippen LogP contribution < -0.4 is 20.9 Å². The maximum Gasteiger partial charge on any atom is 0.143 e. The Labute approximate surface area is 144 Å². The van der Waals surface area contributed by atoms with Crippen molar-refractivity contribution in [2.24, 2.45) is 0 Å². The van der Waals surface area contributed by atoms with Gasteiger partial charge in [0.05, 0.1) is 11.4 Å². The van der Waals surface area contributed by atoms with Crippen LogP contribution in [0.3, 0.4) is 0 Å². The molecule has 0 amide bonds. The second-order valence-corrected chi connectivity index (χ2v) is 7.93. The minimum Gasteiger partial charge on any atom is -0.486 e. The molecule has 0 saturated heterocycles. The highest BCUT2D eigenvalue weighted by Gasteiger charge is 2.17. The average Bonchev–Trinajstić information content (AvgIpc) is 2.41. The lowest BCUT2D eigenvalue weighted by molar-refractivity contribution is 0.131. The lowest BCUT2D eigenvalue weighted by Crippen LogP contribution is -2.23. The standard InChI is InChI=1S/C20H28N2O2/c1-19(2,3)23-17-11-13(7-9-15(17)21)14-8-10-16(22)18(12-14)24-20(4,5)6/h7-12H,21-22H2,1-6H3. The first-order valence-electron chi connectivity index (χ1n) is 8.12. The lowest BCUT2D eigenvalue weighted by Gasteiger charge is -2.24. The number of anilines is 2. The Balaban J connectivity index is 2.42. The summed E-state index contributed by atoms with van der Waals surface area (Å²) in [5.74, 6) is 1.35. The Morgan fingerprint density at radius 3 is 1.25 bits per heavy atom. The fourth-order valence-corrected chi connectivity index (χ4v) is 2.26. The number of hydrogen-bond donors (Lipinski definition) is 2. The van der Waals surface area contributed by atoms with E-state index in [2.05, 4.69) is 0 Å². The van der Waals surface area contributed by atoms with Gasteiger partial charge >= 0.3 is 0 Å². The van der Waals surface area contributed by atoms with Crippen molar-refractivity contribution in [2.75, 3.05) is 11.5 Å². The molecule has 24 heavy (non-hydrogen) atoms. The Morgan fingerprint density at radius 2 is 0.958 bits per heavy atom. The van der Waals surface area contributed by atoms with Crippen LogP contribution in [0.25, 0.3) is 11.1 Å². The Hall–Kier alpha value is -2.36. The monoisotopic (exact) mass is 328 g/mol. The van der Waals surface area contributed by atoms with Gasteiger partial charge in [0, 0.05) is 0 Å². The van der Waals surface area contributed by atoms with Crippen LogP contribution in [0.15, 0.2) is 36.4 Å². The maximum atomic E-state index is 6.04. The van der Waals surface area contributed by atoms with Crippen LogP contribution in [0, 0.1) is 0 Å². The van der Waals surface area contributed by atoms with Crippen LogP contribution in [0.4, 0.5) is 11.4 Å². The molecule has 4 heteroatoms. The summed E-state index contributed by atoms with van der Waals surface area (Å²) in [6, 6.07) is 11.6. The highest BCUT2D eigenvalue weighted by Crippen LogP contribution is 2.35. The molecule has 0 saturated carbocycles. The van der Waals surface area contributed by atoms with Gasteiger partial charge in [0.25, 0.3) is 0 Å². The van der Waals surface area contributed by atoms with Crippen LogP contribution in [-0.4, -0.2) is 11.2 Å². The van der Waals surface area contributed by atoms with Gasteiger partial charge in [0.2, 0.25) is 0 Å². The predicted octanol–water partition coefficient (Wildman–Crippen LogP) is 4.87. The molecule has 0 heterocycles. The molecule has 0 atom stereocenters. The molecule has 2 aromatic rings. The zero-order valence-electron chi connectivity index (χ0n) is 15.4. The molecule has 4 N–H and O–H groups in total. The molecule has 0 aliphatic heterocycles. The molecule has 0 aliphatic carbocycles. The van der Waals surface area contributed by atoms with Gasteiger partial charge < -0.3 is 20.9 Å². The van der Waals surface area contributed by atoms with E-state index in [4.69, 9.17) is 20.9 Å². The van der Waals surface area contributed by atoms with Crippen molar-refractivity contribution >= 4 is 11.4 Å². The maximum absolute atomic E-state index is 6.04. The van der Waals surface area contributed by atoms with Gasteiger partial charge in [0.15, 0.2) is 0 Å². The summed E-state index contributed by atoms with van der Waals surface area (Å²) >= 11 is 0. The fraction of sp³-hybridized carbons (Fsp3) is 0.400. The third-order valence-corrected chi connectivity index (χ3v) is 3.19. The van der Waals surface area contributed by atoms with Gasteiger partial charge in [0.1, 0.15) is 22.7 Å². The highest BCUT2D eigenvalue weighted by atomic mass is 16.5. The zero-order valence-corrected chi connectivity index (χ0v) is 15.4. The van der Waals surface area contributed by atoms with Crippen molar-refractivity contribution in [3.05, 3.63) is 36.4 Å². The summed E-state index contributed by atoms with van der Waals surface area (Å²) in [7, 11) is 0. The summed E-state index contributed by atoms with van der Waals surface area (Å²) in [6.07, 6.45) is 0. The normalized spacial score (nSPS) is 12.1. The number of ether oxygens (including phenoxy) is 2. The van der Waals surface area contributed by atoms with Gasteiger partial charge in [-0.3, -0.25) is 0 Å². The van der Waals surface area contributed by atoms with Gasteiger partial charge in [-0.05, 0) is 76.9 Å². The third-order valence-electron chi connectivity index (χ3n) is 3.19. The van der Waals surface area contributed by atoms with Crippen LogP contribution in [0.5, 0.6) is 11.5 Å². The van der Waals surface area contributed by atoms with Crippen molar-refractivity contribution in [2.45, 2.75) is 52.7 Å². The third kappa shape index (κ3) is 4.82. The molecule has 0 unspecified atom stereocenters. The first kappa shape index (κ1) is 18.0. The van der Waals surface area contributed by atoms with Crippen molar-refractivity contribution in [3.63, 3.8) is 0 Å². The number of rotatable bonds is 3. The van der Waals surface area contributed by atoms with Crippen molar-refractivity contribution < 1.29 is 9.47 Å². The average molecular weight is 328 g/mol. The van der Waals surface area contributed by atoms with Crippen LogP contribution >= 0.6 is 0 Å². The highest BCUT2D eigenvalue weighted by molar-refractivity contribution is 5.73. The minimum absolute atomic E-state index is 0.311. The number of nitrogen functional groups attached to an aromatic ring is 2. The smallest absolute Gasteiger partial charge is 0.143 e. The van der Waals surface area contributed by atoms with Gasteiger partial charge in [-0.25, -0.2) is 0 Å². The molecular formula is C20H28N2O2. The molecule has 0 aromatic heterocycles. The summed E-state index contributed by atoms with van der Waals surface area (Å²) in [4.78, 5) is 0. The van der Waals surface area contributed by atoms with E-state index >= 15 is 0 Å². The van der Waals surface area contributed by atoms with E-state index in [1.54, 1.807) is 0 Å². The SMILES string of the molecule is CC(C)(C)Oc1cc(-c2ccc(N)c(OC(C)(C)C)c2)ccc1N. The molecule has 0 fully saturated rings. The summed E-state index contributed by atoms with van der Waals surface area (Å²) < 4.78 is 11.9. The Morgan fingerprint density at radius 1 is 0.625 bits per heavy atom. The lowest BCUT2D eigenvalue weighted by atomic mass is 10.0. The van der Waals surface area contributed by atoms with Crippen molar-refractivity contribution in [1.82, 2.24) is 0 Å². The van der Waals surface area contributed by atoms with E-state index < -0.39 is 0 Å². The molecular weight excluding hydrogens is 300 g/mol. The Bertz CT molecular complexity index is 662. The van der Waals surface area contributed by atoms with E-state index in [1.807, 2.05) is 77.9 Å². The number of hydrogen-bond acceptors (Lipinski definition) is 4. The van der Waals surface area contributed by atoms with Crippen molar-refractivity contribution in [1.29, 1.82) is 0 Å². The Kier molecular flexibility index (Phi) is 4.70. The summed E-state index contributed by atoms with van der Waals surface area (Å²) in [5.41, 5.74) is 14.7. The van der Waals surface area contributed by atoms with Crippen LogP contribution in [0.2, 0.25) is 0 Å². The molecule has 130 valence electrons. The molecule has 0 spiro atoms. The number of nitrogens with two attached hydrogens (primary N) is 2. The largest absolute Gasteiger partial charge is 0.486 e. The minimum atomic E-state index is -0.311. The molecule has 2 rings (SSSR count). The first-order valence-corrected chi connectivity index (χ1v) is 8.12. The molecule has 2 aromatic carbocycles. The summed E-state index contributed by atoms with van der Waals surface area (Å²) in [5, 5.41) is 0. The van der Waals surface area contributed by atoms with Crippen LogP contribution in [-0.2, 0) is 0 Å². The second kappa shape index (κ2) is 6.27. The topological polar surface area (TPSA) is 70.5 Å². The molecule has 0 radical (unpaired) electrons. The first-order chi connectivity index (χ1) is 10.9. The molecule has 4 nitrogen and oxygen atoms in total. The van der Waals surface area contributed by atoms with Gasteiger partial charge in [-0.1, -0.05) is 12.1 Å². The predicted molar refractivity (Wildman–Crippen MR) is 101 cm³/mol. The van der Waals surface area contributed by atoms with E-state index in [0.717, 1.165) is 11.1 Å². The van der Waals surface area contributed by atoms with Gasteiger partial charge in [-0.2, -0.15) is 0 Å². The summed E-state index contributed by atoms with van der Waals surface area (Å²) in [6.45, 7) is 12.0. The van der Waals surface area contributed by atoms with E-state index in [1.165, 1.54) is 0 Å². The number of benzene rings is 2. The van der Waals surface area contributed by atoms with Crippen LogP contribution in [0.1, 0.15) is 41.5 Å². The molecule has 0 aliphatic rings. The van der Waals surface area contributed by atoms with Gasteiger partial charge in [-0.15, -0.1) is 0 Å². The van der Waals surface area contributed by atoms with Crippen molar-refractivity contribution in [3.8, 4) is 22.6 Å². The van der Waals surface area contributed by atoms with E-state index in [9.17, 15) is 0 Å². The fourth-order valence-electron chi connectivity index (χ4n) is 2.26. The zero-order chi connectivity index (χ0) is 18.1. The quantitative estimate of drug-likeness (QED) is 0.788. The molecule has 0 bridgehead atoms. The van der Waals surface area contributed by atoms with E-state index in [-0.39, 0.29) is 11.2 Å². The van der Waals surface area contributed by atoms with E-state index in [0.29, 0.717) is 22.9 Å².